The van der Waals surface area contributed by atoms with Gasteiger partial charge in [0.1, 0.15) is 5.69 Å². The molecule has 0 aliphatic carbocycles. The van der Waals surface area contributed by atoms with Gasteiger partial charge in [0.25, 0.3) is 5.92 Å². The maximum Gasteiger partial charge on any atom is 0.425 e. The van der Waals surface area contributed by atoms with Gasteiger partial charge >= 0.3 is 12.2 Å². The summed E-state index contributed by atoms with van der Waals surface area (Å²) in [6, 6.07) is -0.665. The van der Waals surface area contributed by atoms with Crippen LogP contribution in [-0.4, -0.2) is 41.3 Å². The predicted octanol–water partition coefficient (Wildman–Crippen LogP) is 1.82. The fourth-order valence-corrected chi connectivity index (χ4v) is 1.89. The van der Waals surface area contributed by atoms with E-state index in [9.17, 15) is 22.0 Å². The molecule has 22 heavy (non-hydrogen) atoms. The standard InChI is InChI=1S/C11H14F5N5O/c1-5(11(14,15)16)22-9-19-7(18)6(17)8(20-9)21-3-2-10(12,13)4-21/h5H,2-4,17H2,1H3,(H2,18,19,20). The molecule has 0 bridgehead atoms. The van der Waals surface area contributed by atoms with Crippen LogP contribution in [0, 0.1) is 0 Å². The van der Waals surface area contributed by atoms with Gasteiger partial charge in [-0.25, -0.2) is 8.78 Å². The summed E-state index contributed by atoms with van der Waals surface area (Å²) in [5.41, 5.74) is 10.9. The van der Waals surface area contributed by atoms with Crippen molar-refractivity contribution in [3.63, 3.8) is 0 Å². The van der Waals surface area contributed by atoms with Crippen LogP contribution in [0.5, 0.6) is 6.01 Å². The number of halogens is 5. The molecule has 1 saturated heterocycles. The van der Waals surface area contributed by atoms with Crippen molar-refractivity contribution in [2.45, 2.75) is 31.5 Å². The van der Waals surface area contributed by atoms with E-state index in [1.165, 1.54) is 0 Å². The Morgan fingerprint density at radius 1 is 1.27 bits per heavy atom. The minimum Gasteiger partial charge on any atom is -0.451 e. The molecule has 1 fully saturated rings. The van der Waals surface area contributed by atoms with E-state index in [1.807, 2.05) is 0 Å². The number of aromatic nitrogens is 2. The molecule has 1 aliphatic rings. The van der Waals surface area contributed by atoms with Gasteiger partial charge in [-0.1, -0.05) is 0 Å². The zero-order valence-electron chi connectivity index (χ0n) is 11.5. The third-order valence-corrected chi connectivity index (χ3v) is 3.15. The molecule has 1 unspecified atom stereocenters. The molecule has 124 valence electrons. The Morgan fingerprint density at radius 2 is 1.91 bits per heavy atom. The van der Waals surface area contributed by atoms with Crippen molar-refractivity contribution in [1.82, 2.24) is 9.97 Å². The molecule has 0 radical (unpaired) electrons. The molecule has 2 heterocycles. The number of ether oxygens (including phenoxy) is 1. The molecule has 4 N–H and O–H groups in total. The average Bonchev–Trinajstić information content (AvgIpc) is 2.72. The summed E-state index contributed by atoms with van der Waals surface area (Å²) >= 11 is 0. The molecule has 1 aromatic rings. The van der Waals surface area contributed by atoms with Crippen molar-refractivity contribution in [2.24, 2.45) is 0 Å². The number of nitrogens with zero attached hydrogens (tertiary/aromatic N) is 3. The lowest BCUT2D eigenvalue weighted by Gasteiger charge is -2.21. The highest BCUT2D eigenvalue weighted by Gasteiger charge is 2.41. The quantitative estimate of drug-likeness (QED) is 0.823. The van der Waals surface area contributed by atoms with Gasteiger partial charge < -0.3 is 21.1 Å². The maximum absolute atomic E-state index is 13.2. The van der Waals surface area contributed by atoms with Crippen molar-refractivity contribution in [2.75, 3.05) is 29.5 Å². The Morgan fingerprint density at radius 3 is 2.41 bits per heavy atom. The summed E-state index contributed by atoms with van der Waals surface area (Å²) in [4.78, 5) is 8.33. The van der Waals surface area contributed by atoms with E-state index in [0.29, 0.717) is 0 Å². The number of nitrogen functional groups attached to an aromatic ring is 2. The van der Waals surface area contributed by atoms with Gasteiger partial charge in [0, 0.05) is 13.0 Å². The second-order valence-corrected chi connectivity index (χ2v) is 4.96. The van der Waals surface area contributed by atoms with Crippen LogP contribution in [-0.2, 0) is 0 Å². The summed E-state index contributed by atoms with van der Waals surface area (Å²) in [5.74, 6) is -3.41. The lowest BCUT2D eigenvalue weighted by molar-refractivity contribution is -0.190. The number of nitrogens with two attached hydrogens (primary N) is 2. The van der Waals surface area contributed by atoms with Crippen LogP contribution in [0.4, 0.5) is 39.3 Å². The minimum atomic E-state index is -4.62. The Bertz CT molecular complexity index is 565. The first kappa shape index (κ1) is 16.3. The van der Waals surface area contributed by atoms with E-state index in [2.05, 4.69) is 14.7 Å². The van der Waals surface area contributed by atoms with Crippen LogP contribution < -0.4 is 21.1 Å². The molecular weight excluding hydrogens is 313 g/mol. The fourth-order valence-electron chi connectivity index (χ4n) is 1.89. The summed E-state index contributed by atoms with van der Waals surface area (Å²) in [6.45, 7) is 0.0590. The molecule has 0 aromatic carbocycles. The normalized spacial score (nSPS) is 19.3. The highest BCUT2D eigenvalue weighted by Crippen LogP contribution is 2.35. The maximum atomic E-state index is 13.2. The molecule has 1 atom stereocenters. The van der Waals surface area contributed by atoms with Gasteiger partial charge in [-0.3, -0.25) is 0 Å². The molecule has 1 aromatic heterocycles. The van der Waals surface area contributed by atoms with Crippen LogP contribution in [0.2, 0.25) is 0 Å². The molecule has 0 spiro atoms. The van der Waals surface area contributed by atoms with E-state index in [4.69, 9.17) is 11.5 Å². The number of rotatable bonds is 3. The van der Waals surface area contributed by atoms with Gasteiger partial charge in [-0.05, 0) is 6.92 Å². The van der Waals surface area contributed by atoms with Gasteiger partial charge in [-0.2, -0.15) is 23.1 Å². The molecular formula is C11H14F5N5O. The third-order valence-electron chi connectivity index (χ3n) is 3.15. The summed E-state index contributed by atoms with van der Waals surface area (Å²) in [5, 5.41) is 0. The zero-order chi connectivity index (χ0) is 16.7. The topological polar surface area (TPSA) is 90.3 Å². The second-order valence-electron chi connectivity index (χ2n) is 4.96. The number of alkyl halides is 5. The molecule has 6 nitrogen and oxygen atoms in total. The van der Waals surface area contributed by atoms with Crippen LogP contribution in [0.1, 0.15) is 13.3 Å². The Labute approximate surface area is 122 Å². The first-order valence-corrected chi connectivity index (χ1v) is 6.29. The van der Waals surface area contributed by atoms with Gasteiger partial charge in [0.15, 0.2) is 17.7 Å². The van der Waals surface area contributed by atoms with Crippen molar-refractivity contribution < 1.29 is 26.7 Å². The van der Waals surface area contributed by atoms with Gasteiger partial charge in [0.2, 0.25) is 0 Å². The highest BCUT2D eigenvalue weighted by molar-refractivity contribution is 5.74. The number of anilines is 3. The van der Waals surface area contributed by atoms with E-state index in [0.717, 1.165) is 11.8 Å². The monoisotopic (exact) mass is 327 g/mol. The van der Waals surface area contributed by atoms with Crippen LogP contribution in [0.15, 0.2) is 0 Å². The van der Waals surface area contributed by atoms with E-state index < -0.39 is 37.2 Å². The highest BCUT2D eigenvalue weighted by atomic mass is 19.4. The summed E-state index contributed by atoms with van der Waals surface area (Å²) in [6.07, 6.45) is -7.21. The van der Waals surface area contributed by atoms with Crippen LogP contribution in [0.25, 0.3) is 0 Å². The molecule has 11 heteroatoms. The largest absolute Gasteiger partial charge is 0.451 e. The molecule has 2 rings (SSSR count). The Hall–Kier alpha value is -2.07. The van der Waals surface area contributed by atoms with Gasteiger partial charge in [-0.15, -0.1) is 0 Å². The number of hydrogen-bond acceptors (Lipinski definition) is 6. The van der Waals surface area contributed by atoms with Gasteiger partial charge in [0.05, 0.1) is 6.54 Å². The Balaban J connectivity index is 2.28. The average molecular weight is 327 g/mol. The first-order chi connectivity index (χ1) is 9.99. The molecule has 1 aliphatic heterocycles. The predicted molar refractivity (Wildman–Crippen MR) is 68.8 cm³/mol. The van der Waals surface area contributed by atoms with Crippen molar-refractivity contribution in [3.05, 3.63) is 0 Å². The van der Waals surface area contributed by atoms with Crippen LogP contribution >= 0.6 is 0 Å². The first-order valence-electron chi connectivity index (χ1n) is 6.29. The minimum absolute atomic E-state index is 0.0537. The molecule has 0 saturated carbocycles. The number of hydrogen-bond donors (Lipinski definition) is 2. The van der Waals surface area contributed by atoms with Crippen molar-refractivity contribution in [3.8, 4) is 6.01 Å². The lowest BCUT2D eigenvalue weighted by Crippen LogP contribution is -2.32. The van der Waals surface area contributed by atoms with E-state index in [-0.39, 0.29) is 23.9 Å². The van der Waals surface area contributed by atoms with Crippen molar-refractivity contribution in [1.29, 1.82) is 0 Å². The summed E-state index contributed by atoms with van der Waals surface area (Å²) in [7, 11) is 0. The zero-order valence-corrected chi connectivity index (χ0v) is 11.5. The lowest BCUT2D eigenvalue weighted by atomic mass is 10.3. The SMILES string of the molecule is CC(Oc1nc(N)c(N)c(N2CCC(F)(F)C2)n1)C(F)(F)F. The smallest absolute Gasteiger partial charge is 0.425 e. The Kier molecular flexibility index (Phi) is 3.92. The van der Waals surface area contributed by atoms with E-state index in [1.54, 1.807) is 0 Å². The van der Waals surface area contributed by atoms with E-state index >= 15 is 0 Å². The summed E-state index contributed by atoms with van der Waals surface area (Å²) < 4.78 is 68.5. The van der Waals surface area contributed by atoms with Crippen LogP contribution in [0.3, 0.4) is 0 Å². The fraction of sp³-hybridized carbons (Fsp3) is 0.636. The third kappa shape index (κ3) is 3.39. The second kappa shape index (κ2) is 5.29. The molecule has 0 amide bonds. The van der Waals surface area contributed by atoms with Crippen molar-refractivity contribution >= 4 is 17.3 Å².